The molecule has 2 aliphatic rings. The van der Waals surface area contributed by atoms with Crippen LogP contribution in [0, 0.1) is 0 Å². The normalized spacial score (nSPS) is 19.6. The van der Waals surface area contributed by atoms with E-state index in [-0.39, 0.29) is 0 Å². The minimum Gasteiger partial charge on any atom is -0.366 e. The van der Waals surface area contributed by atoms with Crippen molar-refractivity contribution in [2.75, 3.05) is 13.1 Å². The Kier molecular flexibility index (Phi) is 3.00. The minimum atomic E-state index is -0.432. The Morgan fingerprint density at radius 3 is 2.86 bits per heavy atom. The number of aromatic nitrogens is 4. The number of nitrogens with two attached hydrogens (primary N) is 1. The maximum Gasteiger partial charge on any atom is 0.251 e. The van der Waals surface area contributed by atoms with E-state index in [1.807, 2.05) is 4.68 Å². The molecule has 2 aromatic rings. The van der Waals surface area contributed by atoms with Crippen LogP contribution < -0.4 is 5.73 Å². The summed E-state index contributed by atoms with van der Waals surface area (Å²) in [6.07, 6.45) is 5.78. The van der Waals surface area contributed by atoms with Gasteiger partial charge in [-0.15, -0.1) is 10.2 Å². The van der Waals surface area contributed by atoms with Crippen molar-refractivity contribution in [3.05, 3.63) is 28.0 Å². The Labute approximate surface area is 125 Å². The van der Waals surface area contributed by atoms with Gasteiger partial charge in [-0.25, -0.2) is 0 Å². The molecule has 0 bridgehead atoms. The van der Waals surface area contributed by atoms with Gasteiger partial charge in [0.15, 0.2) is 0 Å². The number of carbonyl (C=O) groups excluding carboxylic acids is 1. The molecule has 0 unspecified atom stereocenters. The van der Waals surface area contributed by atoms with E-state index >= 15 is 0 Å². The summed E-state index contributed by atoms with van der Waals surface area (Å²) in [6.45, 7) is 2.68. The molecular formula is C13H16N6OS. The summed E-state index contributed by atoms with van der Waals surface area (Å²) in [7, 11) is 0. The van der Waals surface area contributed by atoms with Crippen LogP contribution >= 0.6 is 11.3 Å². The van der Waals surface area contributed by atoms with Gasteiger partial charge in [0, 0.05) is 25.2 Å². The molecule has 0 spiro atoms. The van der Waals surface area contributed by atoms with E-state index in [4.69, 9.17) is 5.73 Å². The molecule has 7 nitrogen and oxygen atoms in total. The first-order valence-corrected chi connectivity index (χ1v) is 7.89. The van der Waals surface area contributed by atoms with Gasteiger partial charge in [-0.05, 0) is 12.8 Å². The fraction of sp³-hybridized carbons (Fsp3) is 0.538. The SMILES string of the molecule is NC(=O)c1cnn(C2CN(Cc3nnc(C4CC4)s3)C2)c1. The zero-order valence-corrected chi connectivity index (χ0v) is 12.3. The molecule has 1 aliphatic carbocycles. The summed E-state index contributed by atoms with van der Waals surface area (Å²) in [6, 6.07) is 0.314. The highest BCUT2D eigenvalue weighted by atomic mass is 32.1. The number of hydrogen-bond donors (Lipinski definition) is 1. The Balaban J connectivity index is 1.32. The van der Waals surface area contributed by atoms with E-state index in [1.54, 1.807) is 17.5 Å². The summed E-state index contributed by atoms with van der Waals surface area (Å²) in [5.41, 5.74) is 5.70. The Hall–Kier alpha value is -1.80. The lowest BCUT2D eigenvalue weighted by Gasteiger charge is -2.38. The number of likely N-dealkylation sites (tertiary alicyclic amines) is 1. The molecule has 21 heavy (non-hydrogen) atoms. The molecule has 0 aromatic carbocycles. The van der Waals surface area contributed by atoms with Gasteiger partial charge in [-0.3, -0.25) is 14.4 Å². The molecule has 1 aliphatic heterocycles. The van der Waals surface area contributed by atoms with Crippen molar-refractivity contribution in [2.24, 2.45) is 5.73 Å². The smallest absolute Gasteiger partial charge is 0.251 e. The van der Waals surface area contributed by atoms with Crippen molar-refractivity contribution >= 4 is 17.2 Å². The van der Waals surface area contributed by atoms with Gasteiger partial charge in [-0.2, -0.15) is 5.10 Å². The summed E-state index contributed by atoms with van der Waals surface area (Å²) in [4.78, 5) is 13.4. The van der Waals surface area contributed by atoms with Crippen LogP contribution in [-0.4, -0.2) is 43.9 Å². The average molecular weight is 304 g/mol. The van der Waals surface area contributed by atoms with Crippen LogP contribution in [0.25, 0.3) is 0 Å². The Bertz CT molecular complexity index is 670. The summed E-state index contributed by atoms with van der Waals surface area (Å²) >= 11 is 1.74. The first kappa shape index (κ1) is 12.9. The molecule has 4 rings (SSSR count). The van der Waals surface area contributed by atoms with Crippen molar-refractivity contribution < 1.29 is 4.79 Å². The summed E-state index contributed by atoms with van der Waals surface area (Å²) in [5.74, 6) is 0.246. The van der Waals surface area contributed by atoms with E-state index in [2.05, 4.69) is 20.2 Å². The van der Waals surface area contributed by atoms with Gasteiger partial charge in [0.25, 0.3) is 5.91 Å². The second-order valence-corrected chi connectivity index (χ2v) is 6.82. The average Bonchev–Trinajstić information content (AvgIpc) is 2.98. The van der Waals surface area contributed by atoms with Gasteiger partial charge in [0.05, 0.1) is 24.3 Å². The van der Waals surface area contributed by atoms with E-state index in [9.17, 15) is 4.79 Å². The first-order chi connectivity index (χ1) is 10.2. The number of amides is 1. The van der Waals surface area contributed by atoms with Crippen LogP contribution in [0.4, 0.5) is 0 Å². The van der Waals surface area contributed by atoms with Gasteiger partial charge in [0.1, 0.15) is 10.0 Å². The van der Waals surface area contributed by atoms with Gasteiger partial charge in [-0.1, -0.05) is 11.3 Å². The molecule has 2 aromatic heterocycles. The van der Waals surface area contributed by atoms with Crippen molar-refractivity contribution in [1.29, 1.82) is 0 Å². The van der Waals surface area contributed by atoms with Crippen LogP contribution in [-0.2, 0) is 6.54 Å². The van der Waals surface area contributed by atoms with Crippen LogP contribution in [0.1, 0.15) is 45.2 Å². The van der Waals surface area contributed by atoms with E-state index < -0.39 is 5.91 Å². The molecule has 0 atom stereocenters. The monoisotopic (exact) mass is 304 g/mol. The van der Waals surface area contributed by atoms with Crippen LogP contribution in [0.15, 0.2) is 12.4 Å². The molecule has 2 fully saturated rings. The third-order valence-electron chi connectivity index (χ3n) is 3.97. The van der Waals surface area contributed by atoms with Crippen LogP contribution in [0.5, 0.6) is 0 Å². The Morgan fingerprint density at radius 1 is 1.38 bits per heavy atom. The zero-order chi connectivity index (χ0) is 14.4. The molecule has 1 amide bonds. The second-order valence-electron chi connectivity index (χ2n) is 5.73. The molecule has 1 saturated carbocycles. The second kappa shape index (κ2) is 4.88. The third-order valence-corrected chi connectivity index (χ3v) is 5.04. The maximum absolute atomic E-state index is 11.1. The molecule has 2 N–H and O–H groups in total. The standard InChI is InChI=1S/C13H16N6OS/c14-12(20)9-3-15-19(4-9)10-5-18(6-10)7-11-16-17-13(21-11)8-1-2-8/h3-4,8,10H,1-2,5-7H2,(H2,14,20). The molecule has 0 radical (unpaired) electrons. The fourth-order valence-electron chi connectivity index (χ4n) is 2.52. The van der Waals surface area contributed by atoms with Crippen molar-refractivity contribution in [3.63, 3.8) is 0 Å². The number of rotatable bonds is 5. The van der Waals surface area contributed by atoms with Gasteiger partial charge in [0.2, 0.25) is 0 Å². The minimum absolute atomic E-state index is 0.314. The number of hydrogen-bond acceptors (Lipinski definition) is 6. The number of nitrogens with zero attached hydrogens (tertiary/aromatic N) is 5. The maximum atomic E-state index is 11.1. The topological polar surface area (TPSA) is 89.9 Å². The summed E-state index contributed by atoms with van der Waals surface area (Å²) < 4.78 is 1.83. The quantitative estimate of drug-likeness (QED) is 0.881. The molecular weight excluding hydrogens is 288 g/mol. The molecule has 110 valence electrons. The molecule has 8 heteroatoms. The van der Waals surface area contributed by atoms with Crippen molar-refractivity contribution in [1.82, 2.24) is 24.9 Å². The van der Waals surface area contributed by atoms with Gasteiger partial charge >= 0.3 is 0 Å². The predicted molar refractivity (Wildman–Crippen MR) is 76.9 cm³/mol. The fourth-order valence-corrected chi connectivity index (χ4v) is 3.58. The van der Waals surface area contributed by atoms with E-state index in [0.29, 0.717) is 17.5 Å². The highest BCUT2D eigenvalue weighted by Gasteiger charge is 2.31. The highest BCUT2D eigenvalue weighted by Crippen LogP contribution is 2.41. The highest BCUT2D eigenvalue weighted by molar-refractivity contribution is 7.11. The summed E-state index contributed by atoms with van der Waals surface area (Å²) in [5, 5.41) is 15.0. The lowest BCUT2D eigenvalue weighted by Crippen LogP contribution is -2.47. The van der Waals surface area contributed by atoms with E-state index in [0.717, 1.165) is 24.6 Å². The zero-order valence-electron chi connectivity index (χ0n) is 11.5. The van der Waals surface area contributed by atoms with Crippen molar-refractivity contribution in [3.8, 4) is 0 Å². The largest absolute Gasteiger partial charge is 0.366 e. The predicted octanol–water partition coefficient (Wildman–Crippen LogP) is 0.768. The van der Waals surface area contributed by atoms with E-state index in [1.165, 1.54) is 24.0 Å². The first-order valence-electron chi connectivity index (χ1n) is 7.07. The third kappa shape index (κ3) is 2.56. The lowest BCUT2D eigenvalue weighted by atomic mass is 10.1. The van der Waals surface area contributed by atoms with Crippen molar-refractivity contribution in [2.45, 2.75) is 31.3 Å². The lowest BCUT2D eigenvalue weighted by molar-refractivity contribution is 0.0903. The van der Waals surface area contributed by atoms with Gasteiger partial charge < -0.3 is 5.73 Å². The molecule has 3 heterocycles. The van der Waals surface area contributed by atoms with Crippen LogP contribution in [0.3, 0.4) is 0 Å². The molecule has 1 saturated heterocycles. The number of carbonyl (C=O) groups is 1. The Morgan fingerprint density at radius 2 is 2.19 bits per heavy atom. The van der Waals surface area contributed by atoms with Crippen LogP contribution in [0.2, 0.25) is 0 Å². The number of primary amides is 1.